The molecule has 78 valence electrons. The summed E-state index contributed by atoms with van der Waals surface area (Å²) in [7, 11) is 1.67. The fourth-order valence-corrected chi connectivity index (χ4v) is 2.07. The minimum atomic E-state index is 0.112. The van der Waals surface area contributed by atoms with Crippen molar-refractivity contribution in [2.24, 2.45) is 5.73 Å². The Morgan fingerprint density at radius 3 is 2.93 bits per heavy atom. The Balaban J connectivity index is 2.51. The standard InChI is InChI=1S/C11H17NOS/c1-8(2)4-5-10(12)11-6-9(13-3)7-14-11/h6-7,10H,1,4-5,12H2,2-3H3. The number of thiophene rings is 1. The molecule has 2 N–H and O–H groups in total. The largest absolute Gasteiger partial charge is 0.496 e. The van der Waals surface area contributed by atoms with Gasteiger partial charge in [-0.15, -0.1) is 17.9 Å². The molecule has 0 aliphatic heterocycles. The van der Waals surface area contributed by atoms with E-state index >= 15 is 0 Å². The lowest BCUT2D eigenvalue weighted by Crippen LogP contribution is -2.08. The molecule has 2 nitrogen and oxygen atoms in total. The summed E-state index contributed by atoms with van der Waals surface area (Å²) in [6.07, 6.45) is 1.94. The number of ether oxygens (including phenoxy) is 1. The third-order valence-corrected chi connectivity index (χ3v) is 3.12. The van der Waals surface area contributed by atoms with Gasteiger partial charge in [-0.25, -0.2) is 0 Å². The van der Waals surface area contributed by atoms with Crippen LogP contribution in [0.25, 0.3) is 0 Å². The molecule has 1 heterocycles. The molecule has 0 fully saturated rings. The van der Waals surface area contributed by atoms with Crippen molar-refractivity contribution in [1.82, 2.24) is 0 Å². The van der Waals surface area contributed by atoms with Crippen molar-refractivity contribution in [3.63, 3.8) is 0 Å². The summed E-state index contributed by atoms with van der Waals surface area (Å²) < 4.78 is 5.11. The monoisotopic (exact) mass is 211 g/mol. The van der Waals surface area contributed by atoms with Gasteiger partial charge in [0.05, 0.1) is 7.11 Å². The van der Waals surface area contributed by atoms with Gasteiger partial charge in [-0.1, -0.05) is 5.57 Å². The second-order valence-electron chi connectivity index (χ2n) is 3.49. The van der Waals surface area contributed by atoms with Crippen molar-refractivity contribution in [1.29, 1.82) is 0 Å². The third-order valence-electron chi connectivity index (χ3n) is 2.08. The van der Waals surface area contributed by atoms with Crippen LogP contribution in [0.4, 0.5) is 0 Å². The highest BCUT2D eigenvalue weighted by molar-refractivity contribution is 7.10. The van der Waals surface area contributed by atoms with Gasteiger partial charge in [-0.3, -0.25) is 0 Å². The lowest BCUT2D eigenvalue weighted by molar-refractivity contribution is 0.416. The van der Waals surface area contributed by atoms with Crippen molar-refractivity contribution in [2.75, 3.05) is 7.11 Å². The molecule has 0 saturated carbocycles. The first-order chi connectivity index (χ1) is 6.63. The zero-order valence-electron chi connectivity index (χ0n) is 8.75. The van der Waals surface area contributed by atoms with E-state index in [0.717, 1.165) is 18.6 Å². The number of allylic oxidation sites excluding steroid dienone is 1. The molecule has 1 atom stereocenters. The second kappa shape index (κ2) is 5.17. The molecule has 1 unspecified atom stereocenters. The Bertz CT molecular complexity index is 306. The molecule has 1 aromatic rings. The van der Waals surface area contributed by atoms with Gasteiger partial charge in [0.2, 0.25) is 0 Å². The highest BCUT2D eigenvalue weighted by atomic mass is 32.1. The molecular formula is C11H17NOS. The zero-order valence-corrected chi connectivity index (χ0v) is 9.56. The maximum absolute atomic E-state index is 6.03. The van der Waals surface area contributed by atoms with Crippen LogP contribution in [0.3, 0.4) is 0 Å². The normalized spacial score (nSPS) is 12.5. The van der Waals surface area contributed by atoms with E-state index in [4.69, 9.17) is 10.5 Å². The van der Waals surface area contributed by atoms with Gasteiger partial charge in [0.25, 0.3) is 0 Å². The molecule has 0 aliphatic rings. The predicted molar refractivity (Wildman–Crippen MR) is 61.8 cm³/mol. The summed E-state index contributed by atoms with van der Waals surface area (Å²) in [4.78, 5) is 1.18. The van der Waals surface area contributed by atoms with E-state index in [0.29, 0.717) is 0 Å². The summed E-state index contributed by atoms with van der Waals surface area (Å²) in [6.45, 7) is 5.89. The second-order valence-corrected chi connectivity index (χ2v) is 4.43. The Morgan fingerprint density at radius 2 is 2.43 bits per heavy atom. The first-order valence-corrected chi connectivity index (χ1v) is 5.54. The van der Waals surface area contributed by atoms with E-state index < -0.39 is 0 Å². The molecule has 1 rings (SSSR count). The molecule has 0 aliphatic carbocycles. The quantitative estimate of drug-likeness (QED) is 0.759. The predicted octanol–water partition coefficient (Wildman–Crippen LogP) is 3.11. The maximum atomic E-state index is 6.03. The van der Waals surface area contributed by atoms with Crippen LogP contribution in [-0.2, 0) is 0 Å². The van der Waals surface area contributed by atoms with Crippen LogP contribution in [0, 0.1) is 0 Å². The van der Waals surface area contributed by atoms with E-state index in [9.17, 15) is 0 Å². The van der Waals surface area contributed by atoms with E-state index in [2.05, 4.69) is 6.58 Å². The molecular weight excluding hydrogens is 194 g/mol. The summed E-state index contributed by atoms with van der Waals surface area (Å²) in [6, 6.07) is 2.12. The summed E-state index contributed by atoms with van der Waals surface area (Å²) in [5.74, 6) is 0.899. The summed E-state index contributed by atoms with van der Waals surface area (Å²) in [5, 5.41) is 1.98. The van der Waals surface area contributed by atoms with Crippen molar-refractivity contribution in [3.8, 4) is 5.75 Å². The van der Waals surface area contributed by atoms with Crippen LogP contribution < -0.4 is 10.5 Å². The number of rotatable bonds is 5. The van der Waals surface area contributed by atoms with Crippen molar-refractivity contribution in [2.45, 2.75) is 25.8 Å². The van der Waals surface area contributed by atoms with Crippen molar-refractivity contribution < 1.29 is 4.74 Å². The molecule has 0 radical (unpaired) electrons. The smallest absolute Gasteiger partial charge is 0.129 e. The molecule has 0 amide bonds. The number of methoxy groups -OCH3 is 1. The average Bonchev–Trinajstić information content (AvgIpc) is 2.62. The maximum Gasteiger partial charge on any atom is 0.129 e. The van der Waals surface area contributed by atoms with Gasteiger partial charge in [0.15, 0.2) is 0 Å². The van der Waals surface area contributed by atoms with E-state index in [-0.39, 0.29) is 6.04 Å². The van der Waals surface area contributed by atoms with E-state index in [1.807, 2.05) is 18.4 Å². The molecule has 14 heavy (non-hydrogen) atoms. The molecule has 3 heteroatoms. The van der Waals surface area contributed by atoms with E-state index in [1.54, 1.807) is 18.4 Å². The number of hydrogen-bond acceptors (Lipinski definition) is 3. The van der Waals surface area contributed by atoms with Gasteiger partial charge >= 0.3 is 0 Å². The van der Waals surface area contributed by atoms with Crippen LogP contribution in [0.15, 0.2) is 23.6 Å². The van der Waals surface area contributed by atoms with Crippen LogP contribution in [0.5, 0.6) is 5.75 Å². The average molecular weight is 211 g/mol. The zero-order chi connectivity index (χ0) is 10.6. The fraction of sp³-hybridized carbons (Fsp3) is 0.455. The molecule has 1 aromatic heterocycles. The van der Waals surface area contributed by atoms with E-state index in [1.165, 1.54) is 10.5 Å². The van der Waals surface area contributed by atoms with Gasteiger partial charge in [0, 0.05) is 16.3 Å². The lowest BCUT2D eigenvalue weighted by atomic mass is 10.1. The highest BCUT2D eigenvalue weighted by Gasteiger charge is 2.08. The van der Waals surface area contributed by atoms with Gasteiger partial charge < -0.3 is 10.5 Å². The van der Waals surface area contributed by atoms with Crippen LogP contribution >= 0.6 is 11.3 Å². The number of hydrogen-bond donors (Lipinski definition) is 1. The van der Waals surface area contributed by atoms with Crippen molar-refractivity contribution >= 4 is 11.3 Å². The SMILES string of the molecule is C=C(C)CCC(N)c1cc(OC)cs1. The van der Waals surface area contributed by atoms with Gasteiger partial charge in [-0.2, -0.15) is 0 Å². The Hall–Kier alpha value is -0.800. The minimum Gasteiger partial charge on any atom is -0.496 e. The van der Waals surface area contributed by atoms with Crippen LogP contribution in [0.2, 0.25) is 0 Å². The first-order valence-electron chi connectivity index (χ1n) is 4.66. The van der Waals surface area contributed by atoms with Crippen LogP contribution in [-0.4, -0.2) is 7.11 Å². The first kappa shape index (κ1) is 11.3. The molecule has 0 bridgehead atoms. The Morgan fingerprint density at radius 1 is 1.71 bits per heavy atom. The fourth-order valence-electron chi connectivity index (χ4n) is 1.18. The summed E-state index contributed by atoms with van der Waals surface area (Å²) >= 11 is 1.65. The Kier molecular flexibility index (Phi) is 4.17. The molecule has 0 spiro atoms. The Labute approximate surface area is 89.4 Å². The van der Waals surface area contributed by atoms with Gasteiger partial charge in [-0.05, 0) is 25.8 Å². The minimum absolute atomic E-state index is 0.112. The molecule has 0 saturated heterocycles. The lowest BCUT2D eigenvalue weighted by Gasteiger charge is -2.08. The van der Waals surface area contributed by atoms with Crippen molar-refractivity contribution in [3.05, 3.63) is 28.5 Å². The van der Waals surface area contributed by atoms with Crippen LogP contribution in [0.1, 0.15) is 30.7 Å². The highest BCUT2D eigenvalue weighted by Crippen LogP contribution is 2.28. The topological polar surface area (TPSA) is 35.2 Å². The summed E-state index contributed by atoms with van der Waals surface area (Å²) in [5.41, 5.74) is 7.21. The third kappa shape index (κ3) is 3.16. The van der Waals surface area contributed by atoms with Gasteiger partial charge in [0.1, 0.15) is 5.75 Å². The molecule has 0 aromatic carbocycles. The number of nitrogens with two attached hydrogens (primary N) is 1.